The molecule has 3 aliphatic rings. The summed E-state index contributed by atoms with van der Waals surface area (Å²) in [5.74, 6) is -0.543. The van der Waals surface area contributed by atoms with E-state index in [1.54, 1.807) is 19.1 Å². The van der Waals surface area contributed by atoms with Crippen molar-refractivity contribution in [2.45, 2.75) is 123 Å². The van der Waals surface area contributed by atoms with Gasteiger partial charge in [0, 0.05) is 61.0 Å². The Hall–Kier alpha value is -9.18. The summed E-state index contributed by atoms with van der Waals surface area (Å²) in [7, 11) is 4.20. The van der Waals surface area contributed by atoms with E-state index in [1.807, 2.05) is 184 Å². The Bertz CT molecular complexity index is 3420. The van der Waals surface area contributed by atoms with E-state index in [4.69, 9.17) is 25.0 Å². The third-order valence-electron chi connectivity index (χ3n) is 18.4. The molecule has 2 heterocycles. The molecular weight excluding hydrogens is 1170 g/mol. The maximum Gasteiger partial charge on any atom is 0.311 e. The summed E-state index contributed by atoms with van der Waals surface area (Å²) in [5.41, 5.74) is 9.34. The molecule has 5 N–H and O–H groups in total. The molecule has 0 radical (unpaired) electrons. The van der Waals surface area contributed by atoms with Crippen LogP contribution in [0.5, 0.6) is 0 Å². The van der Waals surface area contributed by atoms with Crippen LogP contribution in [0.3, 0.4) is 0 Å². The lowest BCUT2D eigenvalue weighted by molar-refractivity contribution is -0.148. The first-order valence-corrected chi connectivity index (χ1v) is 32.8. The van der Waals surface area contributed by atoms with Crippen molar-refractivity contribution in [3.63, 3.8) is 0 Å². The molecule has 93 heavy (non-hydrogen) atoms. The summed E-state index contributed by atoms with van der Waals surface area (Å²) >= 11 is 0. The third kappa shape index (κ3) is 21.4. The summed E-state index contributed by atoms with van der Waals surface area (Å²) in [6.45, 7) is 12.3. The second kappa shape index (κ2) is 36.2. The van der Waals surface area contributed by atoms with E-state index in [-0.39, 0.29) is 59.7 Å². The Kier molecular flexibility index (Phi) is 27.7. The van der Waals surface area contributed by atoms with Gasteiger partial charge >= 0.3 is 17.9 Å². The van der Waals surface area contributed by atoms with Gasteiger partial charge in [-0.25, -0.2) is 0 Å². The SMILES string of the molecule is COC(=O)[C@H](CC1=CCN(C(C)=N)CC1)[C@@H](C)NC(=O)c1ccc(-c2ccccc2)cc1.COC(=O)[C@H](CC1CCCCC1)[C@@H](C)NC(=O)c1ccc(-c2ccccc2)cc1.COC(=O)[C@H](CC1CCN(C(C)=N)CC1)[C@@H](C)NC(=O)c1ccc(-c2ccccc2)cc1. The van der Waals surface area contributed by atoms with E-state index in [9.17, 15) is 28.8 Å². The number of hydrogen-bond donors (Lipinski definition) is 5. The zero-order valence-electron chi connectivity index (χ0n) is 55.5. The van der Waals surface area contributed by atoms with Gasteiger partial charge in [-0.3, -0.25) is 39.6 Å². The van der Waals surface area contributed by atoms with E-state index in [1.165, 1.54) is 40.6 Å². The van der Waals surface area contributed by atoms with Crippen LogP contribution in [-0.2, 0) is 28.6 Å². The molecule has 0 bridgehead atoms. The third-order valence-corrected chi connectivity index (χ3v) is 18.4. The topological polar surface area (TPSA) is 220 Å². The van der Waals surface area contributed by atoms with Gasteiger partial charge in [-0.1, -0.05) is 171 Å². The van der Waals surface area contributed by atoms with Gasteiger partial charge in [-0.2, -0.15) is 0 Å². The first kappa shape index (κ1) is 71.3. The lowest BCUT2D eigenvalue weighted by Gasteiger charge is -2.35. The first-order chi connectivity index (χ1) is 44.8. The van der Waals surface area contributed by atoms with Gasteiger partial charge in [-0.15, -0.1) is 0 Å². The first-order valence-electron chi connectivity index (χ1n) is 32.8. The number of carbonyl (C=O) groups excluding carboxylic acids is 6. The molecule has 6 atom stereocenters. The maximum absolute atomic E-state index is 12.8. The van der Waals surface area contributed by atoms with E-state index in [0.29, 0.717) is 59.6 Å². The predicted octanol–water partition coefficient (Wildman–Crippen LogP) is 13.9. The average Bonchev–Trinajstić information content (AvgIpc) is 1.99. The molecule has 6 aromatic rings. The molecule has 2 fully saturated rings. The normalized spacial score (nSPS) is 16.0. The fraction of sp³-hybridized carbons (Fsp3) is 0.403. The van der Waals surface area contributed by atoms with Crippen molar-refractivity contribution in [3.8, 4) is 33.4 Å². The molecule has 0 unspecified atom stereocenters. The van der Waals surface area contributed by atoms with Gasteiger partial charge in [0.1, 0.15) is 0 Å². The number of benzene rings is 6. The Morgan fingerprint density at radius 3 is 1.08 bits per heavy atom. The Morgan fingerprint density at radius 1 is 0.430 bits per heavy atom. The van der Waals surface area contributed by atoms with Crippen LogP contribution < -0.4 is 16.0 Å². The second-order valence-corrected chi connectivity index (χ2v) is 24.8. The van der Waals surface area contributed by atoms with Crippen molar-refractivity contribution in [3.05, 3.63) is 192 Å². The molecule has 492 valence electrons. The minimum Gasteiger partial charge on any atom is -0.469 e. The molecule has 1 saturated carbocycles. The van der Waals surface area contributed by atoms with Gasteiger partial charge in [0.15, 0.2) is 0 Å². The van der Waals surface area contributed by atoms with Crippen molar-refractivity contribution in [1.82, 2.24) is 25.8 Å². The Labute approximate surface area is 550 Å². The van der Waals surface area contributed by atoms with Crippen LogP contribution in [0.1, 0.15) is 136 Å². The van der Waals surface area contributed by atoms with Crippen LogP contribution in [-0.4, -0.2) is 123 Å². The van der Waals surface area contributed by atoms with Crippen molar-refractivity contribution in [2.24, 2.45) is 29.6 Å². The number of carbonyl (C=O) groups is 6. The van der Waals surface area contributed by atoms with Crippen LogP contribution in [0.4, 0.5) is 0 Å². The number of amides is 3. The van der Waals surface area contributed by atoms with E-state index in [2.05, 4.69) is 26.9 Å². The highest BCUT2D eigenvalue weighted by molar-refractivity contribution is 5.97. The minimum absolute atomic E-state index is 0.158. The molecule has 0 aromatic heterocycles. The quantitative estimate of drug-likeness (QED) is 0.0150. The summed E-state index contributed by atoms with van der Waals surface area (Å²) < 4.78 is 15.1. The standard InChI is InChI=1S/C26H33N3O3.C26H31N3O3.C25H31NO3/c2*1-18(24(26(31)32-3)17-20-13-15-29(16-14-20)19(2)27)28-25(30)23-11-9-22(10-12-23)21-7-5-4-6-8-21;1-18(23(25(28)29-2)17-19-9-5-3-6-10-19)26-24(27)22-15-13-21(14-16-22)20-11-7-4-8-12-20/h4-12,18,20,24,27H,13-17H2,1-3H3,(H,28,30);4-13,18,24,27H,14-17H2,1-3H3,(H,28,30);4,7-8,11-16,18-19,23H,3,5-6,9-10,17H2,1-2H3,(H,26,27)/t2*18-,24-;18-,23-/m111/s1. The van der Waals surface area contributed by atoms with Crippen LogP contribution >= 0.6 is 0 Å². The molecule has 16 heteroatoms. The number of nitrogens with zero attached hydrogens (tertiary/aromatic N) is 2. The highest BCUT2D eigenvalue weighted by Crippen LogP contribution is 2.32. The largest absolute Gasteiger partial charge is 0.469 e. The summed E-state index contributed by atoms with van der Waals surface area (Å²) in [6.07, 6.45) is 12.8. The van der Waals surface area contributed by atoms with Crippen molar-refractivity contribution < 1.29 is 43.0 Å². The van der Waals surface area contributed by atoms with Crippen molar-refractivity contribution >= 4 is 47.3 Å². The summed E-state index contributed by atoms with van der Waals surface area (Å²) in [5, 5.41) is 24.5. The number of esters is 3. The van der Waals surface area contributed by atoms with Crippen LogP contribution in [0.25, 0.3) is 33.4 Å². The number of hydrogen-bond acceptors (Lipinski definition) is 11. The fourth-order valence-electron chi connectivity index (χ4n) is 12.6. The van der Waals surface area contributed by atoms with Gasteiger partial charge < -0.3 is 40.0 Å². The smallest absolute Gasteiger partial charge is 0.311 e. The highest BCUT2D eigenvalue weighted by atomic mass is 16.5. The number of amidine groups is 2. The van der Waals surface area contributed by atoms with Gasteiger partial charge in [0.05, 0.1) is 50.8 Å². The second-order valence-electron chi connectivity index (χ2n) is 24.8. The van der Waals surface area contributed by atoms with Gasteiger partial charge in [0.25, 0.3) is 17.7 Å². The monoisotopic (exact) mass is 1260 g/mol. The zero-order valence-corrected chi connectivity index (χ0v) is 55.5. The lowest BCUT2D eigenvalue weighted by Crippen LogP contribution is -2.44. The van der Waals surface area contributed by atoms with Crippen LogP contribution in [0, 0.1) is 40.4 Å². The number of likely N-dealkylation sites (tertiary alicyclic amines) is 1. The molecule has 2 aliphatic heterocycles. The lowest BCUT2D eigenvalue weighted by atomic mass is 9.80. The number of nitrogens with one attached hydrogen (secondary N) is 5. The van der Waals surface area contributed by atoms with E-state index in [0.717, 1.165) is 97.1 Å². The highest BCUT2D eigenvalue weighted by Gasteiger charge is 2.34. The zero-order chi connectivity index (χ0) is 66.8. The number of ether oxygens (including phenoxy) is 3. The van der Waals surface area contributed by atoms with Crippen molar-refractivity contribution in [2.75, 3.05) is 47.5 Å². The summed E-state index contributed by atoms with van der Waals surface area (Å²) in [4.78, 5) is 79.8. The fourth-order valence-corrected chi connectivity index (χ4v) is 12.6. The molecular formula is C77H95N7O9. The molecule has 9 rings (SSSR count). The van der Waals surface area contributed by atoms with Crippen LogP contribution in [0.15, 0.2) is 175 Å². The Morgan fingerprint density at radius 2 is 0.753 bits per heavy atom. The van der Waals surface area contributed by atoms with Gasteiger partial charge in [0.2, 0.25) is 0 Å². The molecule has 3 amide bonds. The van der Waals surface area contributed by atoms with E-state index >= 15 is 0 Å². The van der Waals surface area contributed by atoms with Gasteiger partial charge in [-0.05, 0) is 155 Å². The predicted molar refractivity (Wildman–Crippen MR) is 369 cm³/mol. The number of piperidine rings is 1. The molecule has 6 aromatic carbocycles. The van der Waals surface area contributed by atoms with Crippen LogP contribution in [0.2, 0.25) is 0 Å². The van der Waals surface area contributed by atoms with Crippen molar-refractivity contribution in [1.29, 1.82) is 10.8 Å². The molecule has 0 spiro atoms. The number of methoxy groups -OCH3 is 3. The van der Waals surface area contributed by atoms with E-state index < -0.39 is 11.8 Å². The molecule has 16 nitrogen and oxygen atoms in total. The summed E-state index contributed by atoms with van der Waals surface area (Å²) in [6, 6.07) is 51.6. The number of rotatable bonds is 21. The Balaban J connectivity index is 0.000000198. The molecule has 1 saturated heterocycles. The maximum atomic E-state index is 12.8. The minimum atomic E-state index is -0.466. The average molecular weight is 1260 g/mol. The molecule has 1 aliphatic carbocycles.